The number of halogens is 3. The van der Waals surface area contributed by atoms with Crippen molar-refractivity contribution in [2.45, 2.75) is 6.18 Å². The molecule has 0 aliphatic heterocycles. The van der Waals surface area contributed by atoms with Gasteiger partial charge in [-0.3, -0.25) is 4.84 Å². The number of hydrogen-bond donors (Lipinski definition) is 2. The molecule has 0 spiro atoms. The summed E-state index contributed by atoms with van der Waals surface area (Å²) < 4.78 is 56.4. The molecule has 0 aliphatic carbocycles. The second-order valence-electron chi connectivity index (χ2n) is 1.73. The lowest BCUT2D eigenvalue weighted by Gasteiger charge is -2.08. The monoisotopic (exact) mass is 208 g/mol. The SMILES string of the molecule is CONS(=O)(=O)NCC(F)(F)F. The second kappa shape index (κ2) is 4.03. The highest BCUT2D eigenvalue weighted by Crippen LogP contribution is 2.12. The van der Waals surface area contributed by atoms with Gasteiger partial charge in [-0.15, -0.1) is 0 Å². The zero-order valence-electron chi connectivity index (χ0n) is 5.97. The Balaban J connectivity index is 3.94. The van der Waals surface area contributed by atoms with Gasteiger partial charge in [-0.1, -0.05) is 4.89 Å². The molecule has 0 fully saturated rings. The maximum atomic E-state index is 11.4. The first-order chi connectivity index (χ1) is 5.27. The van der Waals surface area contributed by atoms with Crippen molar-refractivity contribution in [3.05, 3.63) is 0 Å². The Morgan fingerprint density at radius 3 is 2.25 bits per heavy atom. The highest BCUT2D eigenvalue weighted by Gasteiger charge is 2.29. The minimum Gasteiger partial charge on any atom is -0.289 e. The standard InChI is InChI=1S/C3H7F3N2O3S/c1-11-8-12(9,10)7-2-3(4,5)6/h7-8H,2H2,1H3. The van der Waals surface area contributed by atoms with E-state index in [0.29, 0.717) is 0 Å². The molecule has 0 aromatic carbocycles. The van der Waals surface area contributed by atoms with E-state index < -0.39 is 22.9 Å². The zero-order valence-corrected chi connectivity index (χ0v) is 6.79. The van der Waals surface area contributed by atoms with E-state index >= 15 is 0 Å². The molecule has 0 bridgehead atoms. The number of nitrogens with one attached hydrogen (secondary N) is 2. The molecular weight excluding hydrogens is 201 g/mol. The van der Waals surface area contributed by atoms with Gasteiger partial charge in [0, 0.05) is 0 Å². The van der Waals surface area contributed by atoms with E-state index in [1.54, 1.807) is 0 Å². The molecule has 5 nitrogen and oxygen atoms in total. The van der Waals surface area contributed by atoms with E-state index in [-0.39, 0.29) is 0 Å². The lowest BCUT2D eigenvalue weighted by molar-refractivity contribution is -0.121. The average molecular weight is 208 g/mol. The molecule has 0 aliphatic rings. The quantitative estimate of drug-likeness (QED) is 0.614. The van der Waals surface area contributed by atoms with Crippen LogP contribution in [0, 0.1) is 0 Å². The van der Waals surface area contributed by atoms with Gasteiger partial charge in [0.05, 0.1) is 7.11 Å². The van der Waals surface area contributed by atoms with Crippen LogP contribution in [0.25, 0.3) is 0 Å². The van der Waals surface area contributed by atoms with Crippen LogP contribution in [-0.2, 0) is 15.0 Å². The van der Waals surface area contributed by atoms with Crippen molar-refractivity contribution in [3.8, 4) is 0 Å². The van der Waals surface area contributed by atoms with Crippen molar-refractivity contribution in [2.24, 2.45) is 0 Å². The molecule has 0 aromatic rings. The van der Waals surface area contributed by atoms with E-state index in [0.717, 1.165) is 7.11 Å². The van der Waals surface area contributed by atoms with Gasteiger partial charge >= 0.3 is 6.18 Å². The Morgan fingerprint density at radius 1 is 1.42 bits per heavy atom. The lowest BCUT2D eigenvalue weighted by atomic mass is 10.7. The summed E-state index contributed by atoms with van der Waals surface area (Å²) >= 11 is 0. The molecule has 0 saturated heterocycles. The molecule has 0 heterocycles. The van der Waals surface area contributed by atoms with E-state index in [4.69, 9.17) is 0 Å². The Bertz CT molecular complexity index is 223. The first-order valence-corrected chi connectivity index (χ1v) is 4.11. The molecule has 2 N–H and O–H groups in total. The van der Waals surface area contributed by atoms with Crippen LogP contribution in [0.5, 0.6) is 0 Å². The topological polar surface area (TPSA) is 67.4 Å². The summed E-state index contributed by atoms with van der Waals surface area (Å²) in [5.41, 5.74) is 0. The van der Waals surface area contributed by atoms with Crippen molar-refractivity contribution < 1.29 is 26.4 Å². The summed E-state index contributed by atoms with van der Waals surface area (Å²) in [5.74, 6) is 0. The Hall–Kier alpha value is -0.380. The van der Waals surface area contributed by atoms with Gasteiger partial charge in [0.1, 0.15) is 6.54 Å². The van der Waals surface area contributed by atoms with Gasteiger partial charge in [-0.25, -0.2) is 0 Å². The predicted octanol–water partition coefficient (Wildman–Crippen LogP) is -0.466. The van der Waals surface area contributed by atoms with Crippen LogP contribution in [0.15, 0.2) is 0 Å². The maximum absolute atomic E-state index is 11.4. The van der Waals surface area contributed by atoms with Crippen LogP contribution in [0.4, 0.5) is 13.2 Å². The fraction of sp³-hybridized carbons (Fsp3) is 1.00. The predicted molar refractivity (Wildman–Crippen MR) is 33.1 cm³/mol. The summed E-state index contributed by atoms with van der Waals surface area (Å²) in [6.45, 7) is -1.63. The first-order valence-electron chi connectivity index (χ1n) is 2.63. The molecule has 0 unspecified atom stereocenters. The third-order valence-electron chi connectivity index (χ3n) is 0.656. The Kier molecular flexibility index (Phi) is 3.90. The van der Waals surface area contributed by atoms with Gasteiger partial charge in [0.15, 0.2) is 0 Å². The van der Waals surface area contributed by atoms with Crippen molar-refractivity contribution in [1.29, 1.82) is 0 Å². The number of alkyl halides is 3. The molecule has 74 valence electrons. The molecule has 9 heteroatoms. The van der Waals surface area contributed by atoms with Crippen LogP contribution in [0.1, 0.15) is 0 Å². The fourth-order valence-corrected chi connectivity index (χ4v) is 0.948. The second-order valence-corrected chi connectivity index (χ2v) is 3.19. The minimum atomic E-state index is -4.58. The molecule has 0 atom stereocenters. The summed E-state index contributed by atoms with van der Waals surface area (Å²) in [5, 5.41) is 0. The van der Waals surface area contributed by atoms with E-state index in [9.17, 15) is 21.6 Å². The summed E-state index contributed by atoms with van der Waals surface area (Å²) in [6.07, 6.45) is -4.58. The summed E-state index contributed by atoms with van der Waals surface area (Å²) in [6, 6.07) is 0. The van der Waals surface area contributed by atoms with Crippen LogP contribution in [0.3, 0.4) is 0 Å². The molecule has 0 radical (unpaired) electrons. The van der Waals surface area contributed by atoms with Crippen LogP contribution < -0.4 is 9.61 Å². The van der Waals surface area contributed by atoms with Crippen molar-refractivity contribution in [3.63, 3.8) is 0 Å². The van der Waals surface area contributed by atoms with Gasteiger partial charge < -0.3 is 0 Å². The van der Waals surface area contributed by atoms with E-state index in [2.05, 4.69) is 4.84 Å². The van der Waals surface area contributed by atoms with Crippen molar-refractivity contribution in [2.75, 3.05) is 13.7 Å². The van der Waals surface area contributed by atoms with Crippen LogP contribution in [-0.4, -0.2) is 28.2 Å². The highest BCUT2D eigenvalue weighted by molar-refractivity contribution is 7.87. The molecule has 0 amide bonds. The van der Waals surface area contributed by atoms with E-state index in [1.807, 2.05) is 0 Å². The fourth-order valence-electron chi connectivity index (χ4n) is 0.316. The molecule has 0 rings (SSSR count). The highest BCUT2D eigenvalue weighted by atomic mass is 32.2. The third-order valence-corrected chi connectivity index (χ3v) is 1.57. The van der Waals surface area contributed by atoms with Crippen molar-refractivity contribution in [1.82, 2.24) is 9.61 Å². The van der Waals surface area contributed by atoms with Gasteiger partial charge in [-0.05, 0) is 0 Å². The van der Waals surface area contributed by atoms with Crippen LogP contribution in [0.2, 0.25) is 0 Å². The Morgan fingerprint density at radius 2 is 1.92 bits per heavy atom. The number of rotatable bonds is 4. The smallest absolute Gasteiger partial charge is 0.289 e. The Labute approximate surface area is 67.0 Å². The van der Waals surface area contributed by atoms with E-state index in [1.165, 1.54) is 9.61 Å². The molecule has 0 saturated carbocycles. The maximum Gasteiger partial charge on any atom is 0.402 e. The zero-order chi connectivity index (χ0) is 9.83. The lowest BCUT2D eigenvalue weighted by Crippen LogP contribution is -2.40. The van der Waals surface area contributed by atoms with Gasteiger partial charge in [-0.2, -0.15) is 26.3 Å². The largest absolute Gasteiger partial charge is 0.402 e. The van der Waals surface area contributed by atoms with Gasteiger partial charge in [0.25, 0.3) is 10.2 Å². The minimum absolute atomic E-state index is 0.965. The molecule has 0 aromatic heterocycles. The third kappa shape index (κ3) is 6.34. The normalized spacial score (nSPS) is 13.3. The molecule has 12 heavy (non-hydrogen) atoms. The van der Waals surface area contributed by atoms with Crippen LogP contribution >= 0.6 is 0 Å². The summed E-state index contributed by atoms with van der Waals surface area (Å²) in [4.78, 5) is 5.26. The average Bonchev–Trinajstić information content (AvgIpc) is 1.83. The molecular formula is C3H7F3N2O3S. The first kappa shape index (κ1) is 11.6. The van der Waals surface area contributed by atoms with Gasteiger partial charge in [0.2, 0.25) is 0 Å². The number of hydrogen-bond acceptors (Lipinski definition) is 3. The summed E-state index contributed by atoms with van der Waals surface area (Å²) in [7, 11) is -3.24. The van der Waals surface area contributed by atoms with Crippen molar-refractivity contribution >= 4 is 10.2 Å².